The Bertz CT molecular complexity index is 813. The fourth-order valence-electron chi connectivity index (χ4n) is 3.55. The van der Waals surface area contributed by atoms with Gasteiger partial charge in [0.25, 0.3) is 0 Å². The summed E-state index contributed by atoms with van der Waals surface area (Å²) < 4.78 is 37.7. The molecule has 1 unspecified atom stereocenters. The van der Waals surface area contributed by atoms with Gasteiger partial charge < -0.3 is 14.4 Å². The normalized spacial score (nSPS) is 21.1. The lowest BCUT2D eigenvalue weighted by Gasteiger charge is -2.36. The highest BCUT2D eigenvalue weighted by molar-refractivity contribution is 7.89. The SMILES string of the molecule is COc1ccc(S(=O)(=O)N2CCN(C(=O)C3CC=CCC3)CC2)cc1OC. The van der Waals surface area contributed by atoms with Crippen molar-refractivity contribution in [2.24, 2.45) is 5.92 Å². The van der Waals surface area contributed by atoms with E-state index in [-0.39, 0.29) is 16.7 Å². The lowest BCUT2D eigenvalue weighted by molar-refractivity contribution is -0.137. The summed E-state index contributed by atoms with van der Waals surface area (Å²) in [6.45, 7) is 1.44. The molecule has 0 N–H and O–H groups in total. The van der Waals surface area contributed by atoms with Crippen LogP contribution in [-0.4, -0.2) is 63.9 Å². The second-order valence-corrected chi connectivity index (χ2v) is 8.67. The summed E-state index contributed by atoms with van der Waals surface area (Å²) in [5.41, 5.74) is 0. The van der Waals surface area contributed by atoms with Gasteiger partial charge in [-0.2, -0.15) is 4.31 Å². The van der Waals surface area contributed by atoms with Crippen LogP contribution in [0.2, 0.25) is 0 Å². The van der Waals surface area contributed by atoms with Gasteiger partial charge in [0.2, 0.25) is 15.9 Å². The van der Waals surface area contributed by atoms with E-state index in [0.29, 0.717) is 37.7 Å². The summed E-state index contributed by atoms with van der Waals surface area (Å²) in [7, 11) is -0.669. The number of methoxy groups -OCH3 is 2. The van der Waals surface area contributed by atoms with E-state index >= 15 is 0 Å². The van der Waals surface area contributed by atoms with Crippen LogP contribution < -0.4 is 9.47 Å². The lowest BCUT2D eigenvalue weighted by Crippen LogP contribution is -2.51. The van der Waals surface area contributed by atoms with Crippen LogP contribution in [0, 0.1) is 5.92 Å². The van der Waals surface area contributed by atoms with Gasteiger partial charge in [0.05, 0.1) is 19.1 Å². The van der Waals surface area contributed by atoms with Crippen molar-refractivity contribution in [3.63, 3.8) is 0 Å². The molecule has 8 heteroatoms. The van der Waals surface area contributed by atoms with E-state index in [1.165, 1.54) is 30.7 Å². The number of hydrogen-bond acceptors (Lipinski definition) is 5. The van der Waals surface area contributed by atoms with Crippen molar-refractivity contribution in [2.75, 3.05) is 40.4 Å². The molecule has 148 valence electrons. The Morgan fingerprint density at radius 3 is 2.33 bits per heavy atom. The molecule has 1 amide bonds. The van der Waals surface area contributed by atoms with Crippen molar-refractivity contribution in [3.05, 3.63) is 30.4 Å². The maximum absolute atomic E-state index is 13.0. The first-order chi connectivity index (χ1) is 13.0. The van der Waals surface area contributed by atoms with Crippen LogP contribution >= 0.6 is 0 Å². The van der Waals surface area contributed by atoms with Gasteiger partial charge in [-0.1, -0.05) is 12.2 Å². The molecule has 1 fully saturated rings. The summed E-state index contributed by atoms with van der Waals surface area (Å²) in [6.07, 6.45) is 6.76. The molecule has 1 atom stereocenters. The van der Waals surface area contributed by atoms with Crippen LogP contribution in [0.4, 0.5) is 0 Å². The molecule has 27 heavy (non-hydrogen) atoms. The summed E-state index contributed by atoms with van der Waals surface area (Å²) in [6, 6.07) is 4.57. The Morgan fingerprint density at radius 2 is 1.74 bits per heavy atom. The molecule has 1 saturated heterocycles. The molecule has 2 aliphatic rings. The monoisotopic (exact) mass is 394 g/mol. The van der Waals surface area contributed by atoms with E-state index in [1.54, 1.807) is 11.0 Å². The molecule has 3 rings (SSSR count). The maximum Gasteiger partial charge on any atom is 0.243 e. The van der Waals surface area contributed by atoms with E-state index in [4.69, 9.17) is 9.47 Å². The maximum atomic E-state index is 13.0. The second kappa shape index (κ2) is 8.31. The molecule has 1 aromatic carbocycles. The van der Waals surface area contributed by atoms with Crippen molar-refractivity contribution < 1.29 is 22.7 Å². The van der Waals surface area contributed by atoms with Crippen molar-refractivity contribution in [1.29, 1.82) is 0 Å². The van der Waals surface area contributed by atoms with Crippen LogP contribution in [-0.2, 0) is 14.8 Å². The smallest absolute Gasteiger partial charge is 0.243 e. The first-order valence-corrected chi connectivity index (χ1v) is 10.6. The number of amides is 1. The summed E-state index contributed by atoms with van der Waals surface area (Å²) in [5.74, 6) is 1.03. The molecule has 0 spiro atoms. The van der Waals surface area contributed by atoms with E-state index in [0.717, 1.165) is 19.3 Å². The fraction of sp³-hybridized carbons (Fsp3) is 0.526. The van der Waals surface area contributed by atoms with Gasteiger partial charge in [0, 0.05) is 38.2 Å². The Morgan fingerprint density at radius 1 is 1.04 bits per heavy atom. The van der Waals surface area contributed by atoms with Crippen LogP contribution in [0.1, 0.15) is 19.3 Å². The van der Waals surface area contributed by atoms with Gasteiger partial charge in [0.1, 0.15) is 0 Å². The van der Waals surface area contributed by atoms with Crippen molar-refractivity contribution in [1.82, 2.24) is 9.21 Å². The van der Waals surface area contributed by atoms with E-state index in [2.05, 4.69) is 12.2 Å². The molecule has 7 nitrogen and oxygen atoms in total. The third-order valence-corrected chi connectivity index (χ3v) is 7.06. The average molecular weight is 394 g/mol. The van der Waals surface area contributed by atoms with Crippen LogP contribution in [0.25, 0.3) is 0 Å². The largest absolute Gasteiger partial charge is 0.493 e. The third kappa shape index (κ3) is 4.11. The molecule has 1 aliphatic heterocycles. The highest BCUT2D eigenvalue weighted by Gasteiger charge is 2.32. The first kappa shape index (κ1) is 19.7. The van der Waals surface area contributed by atoms with Crippen LogP contribution in [0.15, 0.2) is 35.2 Å². The van der Waals surface area contributed by atoms with Gasteiger partial charge in [-0.25, -0.2) is 8.42 Å². The minimum Gasteiger partial charge on any atom is -0.493 e. The first-order valence-electron chi connectivity index (χ1n) is 9.13. The second-order valence-electron chi connectivity index (χ2n) is 6.73. The summed E-state index contributed by atoms with van der Waals surface area (Å²) in [4.78, 5) is 14.6. The Balaban J connectivity index is 1.67. The quantitative estimate of drug-likeness (QED) is 0.713. The predicted molar refractivity (Wildman–Crippen MR) is 101 cm³/mol. The minimum absolute atomic E-state index is 0.0315. The Kier molecular flexibility index (Phi) is 6.06. The van der Waals surface area contributed by atoms with Crippen LogP contribution in [0.5, 0.6) is 11.5 Å². The van der Waals surface area contributed by atoms with Crippen molar-refractivity contribution in [3.8, 4) is 11.5 Å². The Labute approximate surface area is 160 Å². The molecule has 0 aromatic heterocycles. The predicted octanol–water partition coefficient (Wildman–Crippen LogP) is 1.89. The number of sulfonamides is 1. The molecular formula is C19H26N2O5S. The topological polar surface area (TPSA) is 76.2 Å². The zero-order valence-electron chi connectivity index (χ0n) is 15.8. The van der Waals surface area contributed by atoms with Crippen LogP contribution in [0.3, 0.4) is 0 Å². The highest BCUT2D eigenvalue weighted by atomic mass is 32.2. The van der Waals surface area contributed by atoms with E-state index in [1.807, 2.05) is 0 Å². The number of carbonyl (C=O) groups excluding carboxylic acids is 1. The van der Waals surface area contributed by atoms with E-state index < -0.39 is 10.0 Å². The average Bonchev–Trinajstić information content (AvgIpc) is 2.73. The fourth-order valence-corrected chi connectivity index (χ4v) is 4.99. The number of piperazine rings is 1. The number of benzene rings is 1. The molecule has 0 radical (unpaired) electrons. The lowest BCUT2D eigenvalue weighted by atomic mass is 9.93. The van der Waals surface area contributed by atoms with Gasteiger partial charge in [-0.15, -0.1) is 0 Å². The third-order valence-electron chi connectivity index (χ3n) is 5.16. The summed E-state index contributed by atoms with van der Waals surface area (Å²) in [5, 5.41) is 0. The highest BCUT2D eigenvalue weighted by Crippen LogP contribution is 2.31. The van der Waals surface area contributed by atoms with Gasteiger partial charge in [-0.3, -0.25) is 4.79 Å². The zero-order valence-corrected chi connectivity index (χ0v) is 16.6. The number of carbonyl (C=O) groups is 1. The zero-order chi connectivity index (χ0) is 19.4. The van der Waals surface area contributed by atoms with Gasteiger partial charge in [-0.05, 0) is 31.4 Å². The number of hydrogen-bond donors (Lipinski definition) is 0. The number of allylic oxidation sites excluding steroid dienone is 2. The molecular weight excluding hydrogens is 368 g/mol. The Hall–Kier alpha value is -2.06. The number of ether oxygens (including phenoxy) is 2. The molecule has 0 bridgehead atoms. The van der Waals surface area contributed by atoms with E-state index in [9.17, 15) is 13.2 Å². The molecule has 1 heterocycles. The van der Waals surface area contributed by atoms with Gasteiger partial charge in [0.15, 0.2) is 11.5 Å². The number of nitrogens with zero attached hydrogens (tertiary/aromatic N) is 2. The summed E-state index contributed by atoms with van der Waals surface area (Å²) >= 11 is 0. The van der Waals surface area contributed by atoms with Crippen molar-refractivity contribution in [2.45, 2.75) is 24.2 Å². The molecule has 0 saturated carbocycles. The molecule has 1 aromatic rings. The minimum atomic E-state index is -3.64. The molecule has 1 aliphatic carbocycles. The van der Waals surface area contributed by atoms with Crippen molar-refractivity contribution >= 4 is 15.9 Å². The number of rotatable bonds is 5. The standard InChI is InChI=1S/C19H26N2O5S/c1-25-17-9-8-16(14-18(17)26-2)27(23,24)21-12-10-20(11-13-21)19(22)15-6-4-3-5-7-15/h3-4,8-9,14-15H,5-7,10-13H2,1-2H3. The van der Waals surface area contributed by atoms with Gasteiger partial charge >= 0.3 is 0 Å².